The van der Waals surface area contributed by atoms with Gasteiger partial charge in [0, 0.05) is 29.4 Å². The molecule has 1 aliphatic heterocycles. The van der Waals surface area contributed by atoms with E-state index in [-0.39, 0.29) is 10.8 Å². The summed E-state index contributed by atoms with van der Waals surface area (Å²) in [6.45, 7) is 4.63. The van der Waals surface area contributed by atoms with E-state index in [1.165, 1.54) is 6.26 Å². The number of sulfone groups is 1. The van der Waals surface area contributed by atoms with Gasteiger partial charge in [0.05, 0.1) is 16.3 Å². The summed E-state index contributed by atoms with van der Waals surface area (Å²) in [7, 11) is -3.34. The van der Waals surface area contributed by atoms with Gasteiger partial charge >= 0.3 is 0 Å². The average Bonchev–Trinajstić information content (AvgIpc) is 2.95. The lowest BCUT2D eigenvalue weighted by Crippen LogP contribution is -2.22. The number of hydrogen-bond donors (Lipinski definition) is 0. The molecule has 0 spiro atoms. The zero-order valence-electron chi connectivity index (χ0n) is 15.2. The molecular weight excluding hydrogens is 384 g/mol. The molecule has 0 bridgehead atoms. The summed E-state index contributed by atoms with van der Waals surface area (Å²) in [5, 5.41) is 9.24. The standard InChI is InChI=1S/C19H19ClN4O2S/c1-12-11-23(15-6-4-14(20)5-7-15)18-10-16(27(3,25)26)8-9-17(18)24-13(2)21-22-19(12)24/h4-10,12H,11H2,1-3H3/t12-/m1/s1. The second kappa shape index (κ2) is 6.35. The highest BCUT2D eigenvalue weighted by atomic mass is 35.5. The summed E-state index contributed by atoms with van der Waals surface area (Å²) in [5.41, 5.74) is 2.60. The largest absolute Gasteiger partial charge is 0.339 e. The Kier molecular flexibility index (Phi) is 4.24. The van der Waals surface area contributed by atoms with Crippen LogP contribution in [0.2, 0.25) is 5.02 Å². The molecule has 0 N–H and O–H groups in total. The van der Waals surface area contributed by atoms with Crippen LogP contribution in [0.5, 0.6) is 0 Å². The number of aryl methyl sites for hydroxylation is 1. The van der Waals surface area contributed by atoms with E-state index in [4.69, 9.17) is 11.6 Å². The first kappa shape index (κ1) is 18.0. The lowest BCUT2D eigenvalue weighted by atomic mass is 10.1. The fourth-order valence-electron chi connectivity index (χ4n) is 3.45. The Hall–Kier alpha value is -2.38. The van der Waals surface area contributed by atoms with Crippen molar-refractivity contribution in [1.29, 1.82) is 0 Å². The van der Waals surface area contributed by atoms with Crippen molar-refractivity contribution in [3.05, 3.63) is 59.1 Å². The average molecular weight is 403 g/mol. The second-order valence-corrected chi connectivity index (χ2v) is 9.30. The van der Waals surface area contributed by atoms with Gasteiger partial charge < -0.3 is 4.90 Å². The first-order valence-electron chi connectivity index (χ1n) is 8.55. The van der Waals surface area contributed by atoms with Crippen LogP contribution < -0.4 is 4.90 Å². The molecule has 0 fully saturated rings. The van der Waals surface area contributed by atoms with Crippen LogP contribution in [-0.4, -0.2) is 36.0 Å². The molecule has 3 aromatic rings. The summed E-state index contributed by atoms with van der Waals surface area (Å²) in [5.74, 6) is 1.72. The molecule has 2 aromatic carbocycles. The molecule has 0 saturated carbocycles. The molecule has 2 heterocycles. The van der Waals surface area contributed by atoms with E-state index >= 15 is 0 Å². The number of anilines is 2. The van der Waals surface area contributed by atoms with E-state index in [1.54, 1.807) is 12.1 Å². The molecule has 140 valence electrons. The van der Waals surface area contributed by atoms with Crippen molar-refractivity contribution in [1.82, 2.24) is 14.8 Å². The van der Waals surface area contributed by atoms with Gasteiger partial charge in [0.2, 0.25) is 0 Å². The first-order valence-corrected chi connectivity index (χ1v) is 10.8. The first-order chi connectivity index (χ1) is 12.8. The van der Waals surface area contributed by atoms with Gasteiger partial charge in [-0.05, 0) is 49.4 Å². The van der Waals surface area contributed by atoms with Crippen molar-refractivity contribution >= 4 is 32.8 Å². The Morgan fingerprint density at radius 1 is 1.07 bits per heavy atom. The molecule has 0 aliphatic carbocycles. The Morgan fingerprint density at radius 3 is 2.44 bits per heavy atom. The van der Waals surface area contributed by atoms with Gasteiger partial charge in [-0.25, -0.2) is 8.42 Å². The molecule has 4 rings (SSSR count). The normalized spacial score (nSPS) is 16.6. The van der Waals surface area contributed by atoms with E-state index in [0.29, 0.717) is 11.6 Å². The van der Waals surface area contributed by atoms with Crippen molar-refractivity contribution in [3.63, 3.8) is 0 Å². The molecule has 0 amide bonds. The van der Waals surface area contributed by atoms with Gasteiger partial charge in [-0.1, -0.05) is 18.5 Å². The molecule has 0 saturated heterocycles. The molecule has 27 heavy (non-hydrogen) atoms. The monoisotopic (exact) mass is 402 g/mol. The van der Waals surface area contributed by atoms with Gasteiger partial charge in [-0.15, -0.1) is 10.2 Å². The Labute approximate surface area is 163 Å². The third kappa shape index (κ3) is 3.11. The molecular formula is C19H19ClN4O2S. The maximum Gasteiger partial charge on any atom is 0.175 e. The molecule has 0 unspecified atom stereocenters. The summed E-state index contributed by atoms with van der Waals surface area (Å²) >= 11 is 6.05. The number of rotatable bonds is 2. The maximum atomic E-state index is 12.2. The van der Waals surface area contributed by atoms with Gasteiger partial charge in [-0.2, -0.15) is 0 Å². The highest BCUT2D eigenvalue weighted by Gasteiger charge is 2.29. The highest BCUT2D eigenvalue weighted by Crippen LogP contribution is 2.39. The third-order valence-corrected chi connectivity index (χ3v) is 6.15. The number of fused-ring (bicyclic) bond motifs is 3. The number of halogens is 1. The van der Waals surface area contributed by atoms with E-state index in [0.717, 1.165) is 28.7 Å². The van der Waals surface area contributed by atoms with Gasteiger partial charge in [0.1, 0.15) is 11.6 Å². The minimum Gasteiger partial charge on any atom is -0.339 e. The molecule has 1 atom stereocenters. The van der Waals surface area contributed by atoms with Crippen molar-refractivity contribution in [2.45, 2.75) is 24.7 Å². The van der Waals surface area contributed by atoms with E-state index < -0.39 is 9.84 Å². The molecule has 6 nitrogen and oxygen atoms in total. The second-order valence-electron chi connectivity index (χ2n) is 6.85. The van der Waals surface area contributed by atoms with Crippen LogP contribution >= 0.6 is 11.6 Å². The zero-order valence-corrected chi connectivity index (χ0v) is 16.8. The quantitative estimate of drug-likeness (QED) is 0.650. The van der Waals surface area contributed by atoms with Crippen LogP contribution in [0, 0.1) is 6.92 Å². The third-order valence-electron chi connectivity index (χ3n) is 4.79. The number of aromatic nitrogens is 3. The van der Waals surface area contributed by atoms with Crippen LogP contribution in [0.3, 0.4) is 0 Å². The Bertz CT molecular complexity index is 1120. The SMILES string of the molecule is Cc1nnc2n1-c1ccc(S(C)(=O)=O)cc1N(c1ccc(Cl)cc1)C[C@H]2C. The predicted molar refractivity (Wildman–Crippen MR) is 106 cm³/mol. The minimum atomic E-state index is -3.34. The predicted octanol–water partition coefficient (Wildman–Crippen LogP) is 3.89. The van der Waals surface area contributed by atoms with Crippen molar-refractivity contribution in [2.24, 2.45) is 0 Å². The maximum absolute atomic E-state index is 12.2. The van der Waals surface area contributed by atoms with E-state index in [2.05, 4.69) is 22.0 Å². The summed E-state index contributed by atoms with van der Waals surface area (Å²) in [4.78, 5) is 2.39. The lowest BCUT2D eigenvalue weighted by molar-refractivity contribution is 0.602. The van der Waals surface area contributed by atoms with Crippen LogP contribution in [0.1, 0.15) is 24.5 Å². The van der Waals surface area contributed by atoms with Crippen molar-refractivity contribution in [2.75, 3.05) is 17.7 Å². The fraction of sp³-hybridized carbons (Fsp3) is 0.263. The van der Waals surface area contributed by atoms with Gasteiger partial charge in [0.25, 0.3) is 0 Å². The summed E-state index contributed by atoms with van der Waals surface area (Å²) in [6.07, 6.45) is 1.22. The topological polar surface area (TPSA) is 68.1 Å². The van der Waals surface area contributed by atoms with Gasteiger partial charge in [-0.3, -0.25) is 4.57 Å². The molecule has 0 radical (unpaired) electrons. The van der Waals surface area contributed by atoms with Crippen molar-refractivity contribution in [3.8, 4) is 5.69 Å². The number of hydrogen-bond acceptors (Lipinski definition) is 5. The van der Waals surface area contributed by atoms with E-state index in [9.17, 15) is 8.42 Å². The molecule has 8 heteroatoms. The number of nitrogens with zero attached hydrogens (tertiary/aromatic N) is 4. The van der Waals surface area contributed by atoms with Gasteiger partial charge in [0.15, 0.2) is 9.84 Å². The zero-order chi connectivity index (χ0) is 19.3. The number of benzene rings is 2. The molecule has 1 aromatic heterocycles. The molecule has 1 aliphatic rings. The fourth-order valence-corrected chi connectivity index (χ4v) is 4.22. The van der Waals surface area contributed by atoms with Crippen molar-refractivity contribution < 1.29 is 8.42 Å². The Balaban J connectivity index is 2.00. The summed E-state index contributed by atoms with van der Waals surface area (Å²) in [6, 6.07) is 12.7. The Morgan fingerprint density at radius 2 is 1.78 bits per heavy atom. The van der Waals surface area contributed by atoms with Crippen LogP contribution in [0.25, 0.3) is 5.69 Å². The summed E-state index contributed by atoms with van der Waals surface area (Å²) < 4.78 is 26.3. The van der Waals surface area contributed by atoms with Crippen LogP contribution in [-0.2, 0) is 9.84 Å². The smallest absolute Gasteiger partial charge is 0.175 e. The lowest BCUT2D eigenvalue weighted by Gasteiger charge is -2.27. The van der Waals surface area contributed by atoms with E-state index in [1.807, 2.05) is 41.8 Å². The van der Waals surface area contributed by atoms with Crippen LogP contribution in [0.4, 0.5) is 11.4 Å². The highest BCUT2D eigenvalue weighted by molar-refractivity contribution is 7.90. The van der Waals surface area contributed by atoms with Crippen LogP contribution in [0.15, 0.2) is 47.4 Å². The minimum absolute atomic E-state index is 0.0935.